The van der Waals surface area contributed by atoms with E-state index in [-0.39, 0.29) is 0 Å². The molecule has 0 aromatic rings. The number of allylic oxidation sites excluding steroid dienone is 3. The molecule has 4 heteroatoms. The molecule has 0 aromatic carbocycles. The third kappa shape index (κ3) is 2.56. The van der Waals surface area contributed by atoms with Gasteiger partial charge < -0.3 is 9.84 Å². The summed E-state index contributed by atoms with van der Waals surface area (Å²) in [6, 6.07) is 0. The van der Waals surface area contributed by atoms with Gasteiger partial charge in [0.25, 0.3) is 0 Å². The quantitative estimate of drug-likeness (QED) is 0.561. The Morgan fingerprint density at radius 1 is 1.47 bits per heavy atom. The zero-order valence-electron chi connectivity index (χ0n) is 8.34. The lowest BCUT2D eigenvalue weighted by Gasteiger charge is -2.24. The minimum absolute atomic E-state index is 0.417. The Hall–Kier alpha value is -1.84. The van der Waals surface area contributed by atoms with Gasteiger partial charge in [-0.25, -0.2) is 4.79 Å². The first-order valence-corrected chi connectivity index (χ1v) is 4.46. The average molecular weight is 208 g/mol. The first kappa shape index (κ1) is 11.2. The maximum Gasteiger partial charge on any atom is 0.328 e. The van der Waals surface area contributed by atoms with Crippen LogP contribution in [0, 0.1) is 5.41 Å². The van der Waals surface area contributed by atoms with Gasteiger partial charge in [0.1, 0.15) is 5.41 Å². The fourth-order valence-corrected chi connectivity index (χ4v) is 1.39. The fourth-order valence-electron chi connectivity index (χ4n) is 1.39. The van der Waals surface area contributed by atoms with E-state index >= 15 is 0 Å². The summed E-state index contributed by atoms with van der Waals surface area (Å²) >= 11 is 0. The molecule has 0 bridgehead atoms. The number of methoxy groups -OCH3 is 1. The van der Waals surface area contributed by atoms with Crippen molar-refractivity contribution in [2.24, 2.45) is 5.41 Å². The van der Waals surface area contributed by atoms with Crippen LogP contribution in [-0.2, 0) is 14.3 Å². The lowest BCUT2D eigenvalue weighted by Crippen LogP contribution is -2.29. The van der Waals surface area contributed by atoms with E-state index in [9.17, 15) is 9.59 Å². The van der Waals surface area contributed by atoms with Gasteiger partial charge in [0.15, 0.2) is 0 Å². The molecule has 1 N–H and O–H groups in total. The van der Waals surface area contributed by atoms with Crippen molar-refractivity contribution in [3.05, 3.63) is 36.5 Å². The molecule has 80 valence electrons. The van der Waals surface area contributed by atoms with Crippen molar-refractivity contribution in [2.75, 3.05) is 7.11 Å². The zero-order valence-corrected chi connectivity index (χ0v) is 8.34. The molecule has 15 heavy (non-hydrogen) atoms. The third-order valence-corrected chi connectivity index (χ3v) is 2.19. The van der Waals surface area contributed by atoms with Gasteiger partial charge in [0.2, 0.25) is 0 Å². The standard InChI is InChI=1S/C11H12O4/c1-15-10(14)11(8-5-9(12)13)6-3-2-4-7-11/h2-6,8H,7H2,1H3,(H,12,13). The highest BCUT2D eigenvalue weighted by molar-refractivity contribution is 5.86. The minimum Gasteiger partial charge on any atom is -0.478 e. The molecule has 1 atom stereocenters. The lowest BCUT2D eigenvalue weighted by atomic mass is 9.81. The average Bonchev–Trinajstić information content (AvgIpc) is 2.26. The topological polar surface area (TPSA) is 63.6 Å². The number of carboxylic acid groups (broad SMARTS) is 1. The molecule has 1 unspecified atom stereocenters. The van der Waals surface area contributed by atoms with E-state index in [1.165, 1.54) is 13.2 Å². The molecule has 0 amide bonds. The highest BCUT2D eigenvalue weighted by atomic mass is 16.5. The highest BCUT2D eigenvalue weighted by Gasteiger charge is 2.34. The molecule has 1 aliphatic rings. The second-order valence-electron chi connectivity index (χ2n) is 3.19. The summed E-state index contributed by atoms with van der Waals surface area (Å²) in [6.07, 6.45) is 9.66. The molecular weight excluding hydrogens is 196 g/mol. The molecule has 0 saturated carbocycles. The Bertz CT molecular complexity index is 352. The maximum absolute atomic E-state index is 11.5. The number of carbonyl (C=O) groups excluding carboxylic acids is 1. The monoisotopic (exact) mass is 208 g/mol. The van der Waals surface area contributed by atoms with Crippen LogP contribution in [0.4, 0.5) is 0 Å². The number of ether oxygens (including phenoxy) is 1. The smallest absolute Gasteiger partial charge is 0.328 e. The van der Waals surface area contributed by atoms with Gasteiger partial charge >= 0.3 is 11.9 Å². The van der Waals surface area contributed by atoms with Crippen molar-refractivity contribution in [3.8, 4) is 0 Å². The predicted octanol–water partition coefficient (Wildman–Crippen LogP) is 1.30. The van der Waals surface area contributed by atoms with E-state index in [1.807, 2.05) is 0 Å². The van der Waals surface area contributed by atoms with Crippen LogP contribution in [0.2, 0.25) is 0 Å². The molecule has 1 aliphatic carbocycles. The minimum atomic E-state index is -1.08. The zero-order chi connectivity index (χ0) is 11.3. The van der Waals surface area contributed by atoms with Gasteiger partial charge in [-0.1, -0.05) is 30.4 Å². The van der Waals surface area contributed by atoms with Crippen LogP contribution in [0.15, 0.2) is 36.5 Å². The fraction of sp³-hybridized carbons (Fsp3) is 0.273. The molecule has 0 saturated heterocycles. The highest BCUT2D eigenvalue weighted by Crippen LogP contribution is 2.30. The molecule has 4 nitrogen and oxygen atoms in total. The number of hydrogen-bond acceptors (Lipinski definition) is 3. The molecular formula is C11H12O4. The van der Waals surface area contributed by atoms with E-state index in [2.05, 4.69) is 4.74 Å². The molecule has 0 spiro atoms. The van der Waals surface area contributed by atoms with Gasteiger partial charge in [-0.05, 0) is 6.42 Å². The van der Waals surface area contributed by atoms with E-state index in [1.54, 1.807) is 24.3 Å². The summed E-state index contributed by atoms with van der Waals surface area (Å²) in [7, 11) is 1.28. The Balaban J connectivity index is 2.97. The number of aliphatic carboxylic acids is 1. The molecule has 0 aliphatic heterocycles. The number of carbonyl (C=O) groups is 2. The SMILES string of the molecule is COC(=O)C1(C=CC(=O)O)C=CC=CC1. The molecule has 0 aromatic heterocycles. The predicted molar refractivity (Wildman–Crippen MR) is 54.1 cm³/mol. The molecule has 0 radical (unpaired) electrons. The normalized spacial score (nSPS) is 24.3. The first-order chi connectivity index (χ1) is 7.10. The number of esters is 1. The maximum atomic E-state index is 11.5. The van der Waals surface area contributed by atoms with Crippen molar-refractivity contribution in [1.29, 1.82) is 0 Å². The Morgan fingerprint density at radius 2 is 2.20 bits per heavy atom. The van der Waals surface area contributed by atoms with Gasteiger partial charge in [-0.2, -0.15) is 0 Å². The second kappa shape index (κ2) is 4.59. The van der Waals surface area contributed by atoms with Gasteiger partial charge in [0, 0.05) is 6.08 Å². The third-order valence-electron chi connectivity index (χ3n) is 2.19. The van der Waals surface area contributed by atoms with Crippen LogP contribution in [-0.4, -0.2) is 24.2 Å². The van der Waals surface area contributed by atoms with E-state index in [0.29, 0.717) is 6.42 Å². The second-order valence-corrected chi connectivity index (χ2v) is 3.19. The summed E-state index contributed by atoms with van der Waals surface area (Å²) in [6.45, 7) is 0. The van der Waals surface area contributed by atoms with Crippen LogP contribution in [0.3, 0.4) is 0 Å². The summed E-state index contributed by atoms with van der Waals surface area (Å²) in [5.41, 5.74) is -0.970. The van der Waals surface area contributed by atoms with Gasteiger partial charge in [0.05, 0.1) is 7.11 Å². The summed E-state index contributed by atoms with van der Waals surface area (Å²) < 4.78 is 4.66. The van der Waals surface area contributed by atoms with E-state index in [0.717, 1.165) is 6.08 Å². The Labute approximate surface area is 87.5 Å². The molecule has 0 heterocycles. The summed E-state index contributed by atoms with van der Waals surface area (Å²) in [4.78, 5) is 22.0. The Kier molecular flexibility index (Phi) is 3.44. The first-order valence-electron chi connectivity index (χ1n) is 4.46. The van der Waals surface area contributed by atoms with Crippen LogP contribution in [0.5, 0.6) is 0 Å². The largest absolute Gasteiger partial charge is 0.478 e. The van der Waals surface area contributed by atoms with E-state index in [4.69, 9.17) is 5.11 Å². The van der Waals surface area contributed by atoms with Gasteiger partial charge in [-0.3, -0.25) is 4.79 Å². The summed E-state index contributed by atoms with van der Waals surface area (Å²) in [5.74, 6) is -1.54. The van der Waals surface area contributed by atoms with Crippen molar-refractivity contribution in [3.63, 3.8) is 0 Å². The van der Waals surface area contributed by atoms with Crippen LogP contribution < -0.4 is 0 Å². The van der Waals surface area contributed by atoms with Crippen LogP contribution >= 0.6 is 0 Å². The number of carboxylic acids is 1. The van der Waals surface area contributed by atoms with Crippen molar-refractivity contribution in [2.45, 2.75) is 6.42 Å². The van der Waals surface area contributed by atoms with Crippen molar-refractivity contribution in [1.82, 2.24) is 0 Å². The lowest BCUT2D eigenvalue weighted by molar-refractivity contribution is -0.147. The molecule has 1 rings (SSSR count). The molecule has 0 fully saturated rings. The van der Waals surface area contributed by atoms with Gasteiger partial charge in [-0.15, -0.1) is 0 Å². The number of hydrogen-bond donors (Lipinski definition) is 1. The van der Waals surface area contributed by atoms with Crippen molar-refractivity contribution < 1.29 is 19.4 Å². The summed E-state index contributed by atoms with van der Waals surface area (Å²) in [5, 5.41) is 8.53. The van der Waals surface area contributed by atoms with Crippen LogP contribution in [0.1, 0.15) is 6.42 Å². The van der Waals surface area contributed by atoms with E-state index < -0.39 is 17.4 Å². The Morgan fingerprint density at radius 3 is 2.67 bits per heavy atom. The van der Waals surface area contributed by atoms with Crippen molar-refractivity contribution >= 4 is 11.9 Å². The van der Waals surface area contributed by atoms with Crippen LogP contribution in [0.25, 0.3) is 0 Å². The number of rotatable bonds is 3.